The summed E-state index contributed by atoms with van der Waals surface area (Å²) in [6.45, 7) is 0.916. The van der Waals surface area contributed by atoms with Gasteiger partial charge in [-0.05, 0) is 34.7 Å². The zero-order chi connectivity index (χ0) is 23.9. The second-order valence-electron chi connectivity index (χ2n) is 6.87. The molecule has 2 heterocycles. The summed E-state index contributed by atoms with van der Waals surface area (Å²) in [4.78, 5) is 24.4. The summed E-state index contributed by atoms with van der Waals surface area (Å²) in [5, 5.41) is 17.1. The maximum atomic E-state index is 12.2. The van der Waals surface area contributed by atoms with Crippen LogP contribution in [0.15, 0.2) is 41.6 Å². The molecule has 13 heteroatoms. The highest BCUT2D eigenvalue weighted by atomic mass is 32.2. The summed E-state index contributed by atoms with van der Waals surface area (Å²) in [6, 6.07) is 9.62. The Morgan fingerprint density at radius 2 is 1.91 bits per heavy atom. The molecule has 0 aliphatic carbocycles. The Morgan fingerprint density at radius 3 is 2.71 bits per heavy atom. The van der Waals surface area contributed by atoms with Gasteiger partial charge in [-0.2, -0.15) is 4.68 Å². The molecule has 178 valence electrons. The first kappa shape index (κ1) is 23.2. The third-order valence-corrected chi connectivity index (χ3v) is 5.59. The van der Waals surface area contributed by atoms with Crippen LogP contribution >= 0.6 is 11.8 Å². The van der Waals surface area contributed by atoms with Gasteiger partial charge in [0.1, 0.15) is 30.4 Å². The molecule has 4 rings (SSSR count). The summed E-state index contributed by atoms with van der Waals surface area (Å²) >= 11 is 1.26. The number of imide groups is 1. The van der Waals surface area contributed by atoms with Gasteiger partial charge in [-0.25, -0.2) is 4.79 Å². The van der Waals surface area contributed by atoms with Gasteiger partial charge in [-0.1, -0.05) is 11.8 Å². The average Bonchev–Trinajstić information content (AvgIpc) is 3.31. The quantitative estimate of drug-likeness (QED) is 0.456. The van der Waals surface area contributed by atoms with E-state index in [9.17, 15) is 9.59 Å². The normalized spacial score (nSPS) is 12.1. The summed E-state index contributed by atoms with van der Waals surface area (Å²) in [5.74, 6) is 2.22. The number of methoxy groups -OCH3 is 2. The Morgan fingerprint density at radius 1 is 1.09 bits per heavy atom. The van der Waals surface area contributed by atoms with Crippen molar-refractivity contribution in [2.45, 2.75) is 11.6 Å². The van der Waals surface area contributed by atoms with E-state index in [-0.39, 0.29) is 6.42 Å². The highest BCUT2D eigenvalue weighted by molar-refractivity contribution is 7.99. The Kier molecular flexibility index (Phi) is 7.32. The van der Waals surface area contributed by atoms with Gasteiger partial charge >= 0.3 is 6.03 Å². The van der Waals surface area contributed by atoms with Gasteiger partial charge in [0.2, 0.25) is 11.1 Å². The maximum absolute atomic E-state index is 12.2. The van der Waals surface area contributed by atoms with Crippen molar-refractivity contribution in [3.8, 4) is 28.7 Å². The first-order valence-electron chi connectivity index (χ1n) is 10.2. The lowest BCUT2D eigenvalue weighted by atomic mass is 10.2. The number of rotatable bonds is 8. The monoisotopic (exact) mass is 486 g/mol. The Balaban J connectivity index is 1.30. The highest BCUT2D eigenvalue weighted by Crippen LogP contribution is 2.32. The Labute approximate surface area is 198 Å². The molecule has 1 aliphatic rings. The summed E-state index contributed by atoms with van der Waals surface area (Å²) in [6.07, 6.45) is 0.0708. The Hall–Kier alpha value is -4.00. The number of aromatic nitrogens is 4. The predicted molar refractivity (Wildman–Crippen MR) is 122 cm³/mol. The number of thioether (sulfide) groups is 1. The van der Waals surface area contributed by atoms with E-state index in [1.54, 1.807) is 50.6 Å². The number of tetrazole rings is 1. The molecule has 0 unspecified atom stereocenters. The number of anilines is 1. The number of fused-ring (bicyclic) bond motifs is 1. The van der Waals surface area contributed by atoms with Crippen molar-refractivity contribution < 1.29 is 28.5 Å². The van der Waals surface area contributed by atoms with E-state index in [0.717, 1.165) is 0 Å². The third kappa shape index (κ3) is 5.49. The topological polar surface area (TPSA) is 139 Å². The maximum Gasteiger partial charge on any atom is 0.325 e. The van der Waals surface area contributed by atoms with Crippen LogP contribution in [0.4, 0.5) is 10.5 Å². The van der Waals surface area contributed by atoms with Crippen molar-refractivity contribution in [1.29, 1.82) is 0 Å². The molecule has 0 atom stereocenters. The number of carbonyl (C=O) groups excluding carboxylic acids is 2. The minimum absolute atomic E-state index is 0.0708. The molecule has 2 N–H and O–H groups in total. The molecular weight excluding hydrogens is 464 g/mol. The SMILES string of the molecule is COc1ccc(OC)c(-n2nnnc2SCCC(=O)NC(=O)Nc2ccc3c(c2)OCCO3)c1. The molecule has 0 saturated heterocycles. The van der Waals surface area contributed by atoms with E-state index in [1.807, 2.05) is 0 Å². The van der Waals surface area contributed by atoms with Crippen LogP contribution in [0.5, 0.6) is 23.0 Å². The number of hydrogen-bond donors (Lipinski definition) is 2. The molecule has 3 amide bonds. The number of ether oxygens (including phenoxy) is 4. The fraction of sp³-hybridized carbons (Fsp3) is 0.286. The summed E-state index contributed by atoms with van der Waals surface area (Å²) in [5.41, 5.74) is 1.08. The first-order valence-corrected chi connectivity index (χ1v) is 11.2. The molecule has 0 bridgehead atoms. The van der Waals surface area contributed by atoms with Crippen molar-refractivity contribution in [2.24, 2.45) is 0 Å². The second-order valence-corrected chi connectivity index (χ2v) is 7.93. The average molecular weight is 487 g/mol. The van der Waals surface area contributed by atoms with Crippen LogP contribution < -0.4 is 29.6 Å². The molecule has 34 heavy (non-hydrogen) atoms. The van der Waals surface area contributed by atoms with Crippen molar-refractivity contribution in [3.05, 3.63) is 36.4 Å². The van der Waals surface area contributed by atoms with Crippen LogP contribution in [0.1, 0.15) is 6.42 Å². The molecular formula is C21H22N6O6S. The second kappa shape index (κ2) is 10.7. The molecule has 12 nitrogen and oxygen atoms in total. The number of hydrogen-bond acceptors (Lipinski definition) is 10. The van der Waals surface area contributed by atoms with Gasteiger partial charge in [0, 0.05) is 30.0 Å². The minimum Gasteiger partial charge on any atom is -0.497 e. The molecule has 0 saturated carbocycles. The standard InChI is InChI=1S/C21H22N6O6S/c1-30-14-4-6-16(31-2)15(12-14)27-21(24-25-26-27)34-10-7-19(28)23-20(29)22-13-3-5-17-18(11-13)33-9-8-32-17/h3-6,11-12H,7-10H2,1-2H3,(H2,22,23,28,29). The molecule has 1 aromatic heterocycles. The van der Waals surface area contributed by atoms with E-state index in [4.69, 9.17) is 18.9 Å². The van der Waals surface area contributed by atoms with Gasteiger partial charge in [0.15, 0.2) is 11.5 Å². The van der Waals surface area contributed by atoms with Crippen molar-refractivity contribution in [1.82, 2.24) is 25.5 Å². The number of urea groups is 1. The van der Waals surface area contributed by atoms with E-state index in [2.05, 4.69) is 26.2 Å². The fourth-order valence-electron chi connectivity index (χ4n) is 3.09. The summed E-state index contributed by atoms with van der Waals surface area (Å²) < 4.78 is 23.1. The van der Waals surface area contributed by atoms with Crippen LogP contribution in [-0.2, 0) is 4.79 Å². The van der Waals surface area contributed by atoms with Crippen molar-refractivity contribution in [2.75, 3.05) is 38.5 Å². The van der Waals surface area contributed by atoms with Crippen LogP contribution in [0.25, 0.3) is 5.69 Å². The van der Waals surface area contributed by atoms with Crippen molar-refractivity contribution in [3.63, 3.8) is 0 Å². The number of carbonyl (C=O) groups is 2. The molecule has 3 aromatic rings. The zero-order valence-electron chi connectivity index (χ0n) is 18.4. The molecule has 0 radical (unpaired) electrons. The van der Waals surface area contributed by atoms with Gasteiger partial charge in [-0.15, -0.1) is 5.10 Å². The minimum atomic E-state index is -0.641. The zero-order valence-corrected chi connectivity index (χ0v) is 19.3. The lowest BCUT2D eigenvalue weighted by molar-refractivity contribution is -0.119. The molecule has 1 aliphatic heterocycles. The number of amides is 3. The number of nitrogens with zero attached hydrogens (tertiary/aromatic N) is 4. The van der Waals surface area contributed by atoms with Crippen LogP contribution in [0, 0.1) is 0 Å². The number of nitrogens with one attached hydrogen (secondary N) is 2. The Bertz CT molecular complexity index is 1190. The predicted octanol–water partition coefficient (Wildman–Crippen LogP) is 2.28. The van der Waals surface area contributed by atoms with E-state index < -0.39 is 11.9 Å². The van der Waals surface area contributed by atoms with E-state index in [1.165, 1.54) is 16.4 Å². The van der Waals surface area contributed by atoms with Gasteiger partial charge in [-0.3, -0.25) is 10.1 Å². The van der Waals surface area contributed by atoms with E-state index in [0.29, 0.717) is 58.5 Å². The first-order chi connectivity index (χ1) is 16.6. The smallest absolute Gasteiger partial charge is 0.325 e. The lowest BCUT2D eigenvalue weighted by Gasteiger charge is -2.19. The number of benzene rings is 2. The highest BCUT2D eigenvalue weighted by Gasteiger charge is 2.17. The van der Waals surface area contributed by atoms with Gasteiger partial charge in [0.25, 0.3) is 0 Å². The van der Waals surface area contributed by atoms with Crippen molar-refractivity contribution >= 4 is 29.4 Å². The van der Waals surface area contributed by atoms with Gasteiger partial charge < -0.3 is 24.3 Å². The fourth-order valence-corrected chi connectivity index (χ4v) is 3.91. The van der Waals surface area contributed by atoms with Crippen LogP contribution in [-0.4, -0.2) is 65.3 Å². The van der Waals surface area contributed by atoms with E-state index >= 15 is 0 Å². The summed E-state index contributed by atoms with van der Waals surface area (Å²) in [7, 11) is 3.10. The molecule has 2 aromatic carbocycles. The van der Waals surface area contributed by atoms with Crippen LogP contribution in [0.2, 0.25) is 0 Å². The lowest BCUT2D eigenvalue weighted by Crippen LogP contribution is -2.34. The third-order valence-electron chi connectivity index (χ3n) is 4.67. The van der Waals surface area contributed by atoms with Gasteiger partial charge in [0.05, 0.1) is 14.2 Å². The molecule has 0 fully saturated rings. The van der Waals surface area contributed by atoms with Crippen LogP contribution in [0.3, 0.4) is 0 Å². The largest absolute Gasteiger partial charge is 0.497 e. The molecule has 0 spiro atoms.